The average molecular weight is 411 g/mol. The molecule has 2 aliphatic heterocycles. The molecule has 0 spiro atoms. The molecule has 0 saturated carbocycles. The summed E-state index contributed by atoms with van der Waals surface area (Å²) in [5.41, 5.74) is 3.79. The lowest BCUT2D eigenvalue weighted by atomic mass is 9.78. The van der Waals surface area contributed by atoms with Gasteiger partial charge in [-0.1, -0.05) is 50.2 Å². The summed E-state index contributed by atoms with van der Waals surface area (Å²) in [5.74, 6) is 0.792. The summed E-state index contributed by atoms with van der Waals surface area (Å²) in [4.78, 5) is 11.8. The number of quaternary nitrogens is 1. The lowest BCUT2D eigenvalue weighted by Gasteiger charge is -2.26. The van der Waals surface area contributed by atoms with Gasteiger partial charge in [0.2, 0.25) is 0 Å². The van der Waals surface area contributed by atoms with E-state index in [0.29, 0.717) is 19.3 Å². The lowest BCUT2D eigenvalue weighted by molar-refractivity contribution is -0.801. The number of hydrogen-bond acceptors (Lipinski definition) is 4. The number of epoxide rings is 1. The predicted molar refractivity (Wildman–Crippen MR) is 116 cm³/mol. The van der Waals surface area contributed by atoms with Crippen LogP contribution in [0.5, 0.6) is 5.75 Å². The average Bonchev–Trinajstić information content (AvgIpc) is 3.51. The Bertz CT molecular complexity index is 882. The van der Waals surface area contributed by atoms with E-state index in [9.17, 15) is 4.79 Å². The maximum atomic E-state index is 11.8. The van der Waals surface area contributed by atoms with Gasteiger partial charge < -0.3 is 14.2 Å². The highest BCUT2D eigenvalue weighted by Crippen LogP contribution is 2.33. The van der Waals surface area contributed by atoms with Crippen molar-refractivity contribution in [3.05, 3.63) is 65.2 Å². The van der Waals surface area contributed by atoms with Crippen molar-refractivity contribution in [3.63, 3.8) is 0 Å². The van der Waals surface area contributed by atoms with E-state index in [-0.39, 0.29) is 22.1 Å². The van der Waals surface area contributed by atoms with Gasteiger partial charge in [-0.2, -0.15) is 4.79 Å². The molecule has 2 saturated heterocycles. The fourth-order valence-corrected chi connectivity index (χ4v) is 3.97. The predicted octanol–water partition coefficient (Wildman–Crippen LogP) is 4.32. The van der Waals surface area contributed by atoms with Gasteiger partial charge in [-0.25, -0.2) is 4.48 Å². The van der Waals surface area contributed by atoms with Crippen LogP contribution < -0.4 is 4.74 Å². The molecule has 1 amide bonds. The molecule has 2 aromatic carbocycles. The van der Waals surface area contributed by atoms with Gasteiger partial charge in [-0.05, 0) is 41.7 Å². The normalized spacial score (nSPS) is 22.6. The molecule has 5 nitrogen and oxygen atoms in total. The minimum Gasteiger partial charge on any atom is -0.489 e. The molecule has 0 aliphatic carbocycles. The van der Waals surface area contributed by atoms with Gasteiger partial charge >= 0.3 is 6.09 Å². The maximum Gasteiger partial charge on any atom is 0.516 e. The van der Waals surface area contributed by atoms with Crippen molar-refractivity contribution >= 4 is 6.09 Å². The lowest BCUT2D eigenvalue weighted by Crippen LogP contribution is -2.41. The van der Waals surface area contributed by atoms with Crippen molar-refractivity contribution in [1.82, 2.24) is 0 Å². The third kappa shape index (κ3) is 4.68. The molecule has 2 fully saturated rings. The van der Waals surface area contributed by atoms with Gasteiger partial charge in [0.15, 0.2) is 6.10 Å². The fraction of sp³-hybridized carbons (Fsp3) is 0.480. The van der Waals surface area contributed by atoms with Crippen LogP contribution in [0.2, 0.25) is 0 Å². The van der Waals surface area contributed by atoms with Gasteiger partial charge in [-0.15, -0.1) is 0 Å². The molecule has 5 heteroatoms. The molecule has 2 atom stereocenters. The molecule has 2 aliphatic rings. The summed E-state index contributed by atoms with van der Waals surface area (Å²) in [6.45, 7) is 6.42. The van der Waals surface area contributed by atoms with E-state index < -0.39 is 0 Å². The zero-order valence-corrected chi connectivity index (χ0v) is 18.4. The number of nitrogens with zero attached hydrogens (tertiary/aromatic N) is 1. The smallest absolute Gasteiger partial charge is 0.489 e. The number of benzene rings is 2. The Hall–Kier alpha value is -2.37. The van der Waals surface area contributed by atoms with Crippen molar-refractivity contribution in [3.8, 4) is 5.75 Å². The minimum atomic E-state index is -0.201. The van der Waals surface area contributed by atoms with Gasteiger partial charge in [0.05, 0.1) is 26.8 Å². The minimum absolute atomic E-state index is 0.0981. The van der Waals surface area contributed by atoms with Crippen LogP contribution in [0.4, 0.5) is 4.79 Å². The summed E-state index contributed by atoms with van der Waals surface area (Å²) in [5, 5.41) is 0. The Morgan fingerprint density at radius 1 is 1.00 bits per heavy atom. The van der Waals surface area contributed by atoms with Crippen LogP contribution >= 0.6 is 0 Å². The van der Waals surface area contributed by atoms with E-state index in [0.717, 1.165) is 25.2 Å². The van der Waals surface area contributed by atoms with E-state index in [1.54, 1.807) is 0 Å². The highest BCUT2D eigenvalue weighted by molar-refractivity contribution is 5.61. The van der Waals surface area contributed by atoms with Gasteiger partial charge in [0.25, 0.3) is 0 Å². The SMILES string of the molecule is CC(C)(c1ccc(CCC2CO2)cc1)c1ccc(OCC2C[N+](C)(C)C(=O)O2)cc1. The molecule has 0 N–H and O–H groups in total. The molecular formula is C25H32NO4+. The first kappa shape index (κ1) is 20.9. The fourth-order valence-electron chi connectivity index (χ4n) is 3.97. The van der Waals surface area contributed by atoms with Crippen LogP contribution in [0.3, 0.4) is 0 Å². The van der Waals surface area contributed by atoms with E-state index in [2.05, 4.69) is 50.2 Å². The Labute approximate surface area is 179 Å². The number of likely N-dealkylation sites (N-methyl/N-ethyl adjacent to an activating group) is 1. The summed E-state index contributed by atoms with van der Waals surface area (Å²) in [6.07, 6.45) is 2.26. The van der Waals surface area contributed by atoms with Crippen molar-refractivity contribution in [2.45, 2.75) is 44.3 Å². The largest absolute Gasteiger partial charge is 0.516 e. The summed E-state index contributed by atoms with van der Waals surface area (Å²) in [7, 11) is 3.71. The maximum absolute atomic E-state index is 11.8. The number of carbonyl (C=O) groups excluding carboxylic acids is 1. The van der Waals surface area contributed by atoms with E-state index >= 15 is 0 Å². The topological polar surface area (TPSA) is 48.1 Å². The first-order valence-electron chi connectivity index (χ1n) is 10.7. The molecule has 0 bridgehead atoms. The van der Waals surface area contributed by atoms with E-state index in [1.807, 2.05) is 26.2 Å². The summed E-state index contributed by atoms with van der Waals surface area (Å²) >= 11 is 0. The molecule has 160 valence electrons. The summed E-state index contributed by atoms with van der Waals surface area (Å²) in [6, 6.07) is 17.2. The van der Waals surface area contributed by atoms with Crippen molar-refractivity contribution in [2.24, 2.45) is 0 Å². The van der Waals surface area contributed by atoms with Crippen molar-refractivity contribution in [2.75, 3.05) is 33.9 Å². The molecule has 30 heavy (non-hydrogen) atoms. The molecule has 0 aromatic heterocycles. The van der Waals surface area contributed by atoms with Crippen LogP contribution in [0, 0.1) is 0 Å². The van der Waals surface area contributed by atoms with Crippen LogP contribution in [-0.4, -0.2) is 56.6 Å². The number of ether oxygens (including phenoxy) is 3. The van der Waals surface area contributed by atoms with Crippen LogP contribution in [0.15, 0.2) is 48.5 Å². The number of aryl methyl sites for hydroxylation is 1. The first-order chi connectivity index (χ1) is 14.2. The number of cyclic esters (lactones) is 1. The molecule has 2 heterocycles. The Kier molecular flexibility index (Phi) is 5.60. The third-order valence-corrected chi connectivity index (χ3v) is 6.27. The molecule has 2 unspecified atom stereocenters. The quantitative estimate of drug-likeness (QED) is 0.480. The second kappa shape index (κ2) is 8.05. The first-order valence-corrected chi connectivity index (χ1v) is 10.7. The van der Waals surface area contributed by atoms with Crippen LogP contribution in [0.1, 0.15) is 37.0 Å². The molecule has 4 rings (SSSR count). The zero-order chi connectivity index (χ0) is 21.4. The van der Waals surface area contributed by atoms with Gasteiger partial charge in [0, 0.05) is 5.41 Å². The Balaban J connectivity index is 1.35. The summed E-state index contributed by atoms with van der Waals surface area (Å²) < 4.78 is 16.8. The number of rotatable bonds is 8. The molecule has 2 aromatic rings. The molecule has 0 radical (unpaired) electrons. The standard InChI is InChI=1S/C25H32NO4/c1-25(2,19-8-5-18(6-9-19)7-12-22-16-29-22)20-10-13-21(14-11-20)28-17-23-15-26(3,4)24(27)30-23/h5-6,8-11,13-14,22-23H,7,12,15-17H2,1-4H3/q+1. The third-order valence-electron chi connectivity index (χ3n) is 6.27. The zero-order valence-electron chi connectivity index (χ0n) is 18.4. The number of hydrogen-bond donors (Lipinski definition) is 0. The van der Waals surface area contributed by atoms with E-state index in [4.69, 9.17) is 14.2 Å². The van der Waals surface area contributed by atoms with Gasteiger partial charge in [0.1, 0.15) is 18.9 Å². The monoisotopic (exact) mass is 410 g/mol. The molecular weight excluding hydrogens is 378 g/mol. The highest BCUT2D eigenvalue weighted by atomic mass is 16.6. The van der Waals surface area contributed by atoms with E-state index in [1.165, 1.54) is 16.7 Å². The van der Waals surface area contributed by atoms with Crippen LogP contribution in [-0.2, 0) is 21.3 Å². The number of amides is 1. The van der Waals surface area contributed by atoms with Gasteiger partial charge in [-0.3, -0.25) is 0 Å². The Morgan fingerprint density at radius 2 is 1.60 bits per heavy atom. The second-order valence-electron chi connectivity index (χ2n) is 9.52. The highest BCUT2D eigenvalue weighted by Gasteiger charge is 2.42. The van der Waals surface area contributed by atoms with Crippen molar-refractivity contribution < 1.29 is 23.5 Å². The number of carbonyl (C=O) groups is 1. The van der Waals surface area contributed by atoms with Crippen LogP contribution in [0.25, 0.3) is 0 Å². The van der Waals surface area contributed by atoms with Crippen molar-refractivity contribution in [1.29, 1.82) is 0 Å². The second-order valence-corrected chi connectivity index (χ2v) is 9.52. The Morgan fingerprint density at radius 3 is 2.13 bits per heavy atom.